The van der Waals surface area contributed by atoms with Crippen molar-refractivity contribution in [2.45, 2.75) is 97.8 Å². The molecular weight excluding hydrogens is 787 g/mol. The first-order valence-corrected chi connectivity index (χ1v) is 23.3. The molecule has 1 aromatic heterocycles. The number of nitrogens with zero attached hydrogens (tertiary/aromatic N) is 1. The van der Waals surface area contributed by atoms with Gasteiger partial charge in [0.15, 0.2) is 0 Å². The lowest BCUT2D eigenvalue weighted by Crippen LogP contribution is -2.18. The summed E-state index contributed by atoms with van der Waals surface area (Å²) in [4.78, 5) is 2.50. The molecule has 0 N–H and O–H groups in total. The van der Waals surface area contributed by atoms with Crippen molar-refractivity contribution in [2.75, 3.05) is 4.90 Å². The molecule has 324 valence electrons. The first-order valence-electron chi connectivity index (χ1n) is 23.3. The molecule has 0 bridgehead atoms. The molecule has 65 heavy (non-hydrogen) atoms. The zero-order valence-electron chi connectivity index (χ0n) is 40.0. The Morgan fingerprint density at radius 2 is 1.00 bits per heavy atom. The van der Waals surface area contributed by atoms with Gasteiger partial charge in [0.25, 0.3) is 0 Å². The van der Waals surface area contributed by atoms with E-state index in [0.29, 0.717) is 0 Å². The van der Waals surface area contributed by atoms with E-state index in [-0.39, 0.29) is 21.7 Å². The van der Waals surface area contributed by atoms with Crippen molar-refractivity contribution >= 4 is 39.0 Å². The summed E-state index contributed by atoms with van der Waals surface area (Å²) in [5.41, 5.74) is 21.2. The van der Waals surface area contributed by atoms with Crippen LogP contribution in [0.5, 0.6) is 0 Å². The zero-order chi connectivity index (χ0) is 45.6. The molecule has 2 heteroatoms. The van der Waals surface area contributed by atoms with Crippen LogP contribution < -0.4 is 4.90 Å². The molecule has 10 rings (SSSR count). The van der Waals surface area contributed by atoms with Crippen LogP contribution in [0.1, 0.15) is 104 Å². The maximum absolute atomic E-state index is 6.86. The second-order valence-electron chi connectivity index (χ2n) is 21.9. The van der Waals surface area contributed by atoms with Crippen molar-refractivity contribution in [3.63, 3.8) is 0 Å². The largest absolute Gasteiger partial charge is 0.455 e. The third-order valence-corrected chi connectivity index (χ3v) is 13.9. The molecule has 0 unspecified atom stereocenters. The standard InChI is InChI=1S/C63H61NO/c1-60(2,3)43-34-42(35-44(36-43)61(4,5)6)40-28-30-45(31-29-40)64(46-32-33-48-47-22-15-17-26-54(47)63(10,11)56(48)37-46)57-39-52(41-20-13-12-14-21-41)55(62(7,8)9)38-53(57)51-25-19-24-50-49-23-16-18-27-58(49)65-59(50)51/h12-39H,1-11H3. The van der Waals surface area contributed by atoms with Crippen molar-refractivity contribution in [2.24, 2.45) is 0 Å². The zero-order valence-corrected chi connectivity index (χ0v) is 40.0. The van der Waals surface area contributed by atoms with E-state index in [0.717, 1.165) is 50.1 Å². The molecule has 0 radical (unpaired) electrons. The van der Waals surface area contributed by atoms with Crippen LogP contribution in [0.25, 0.3) is 66.4 Å². The fourth-order valence-corrected chi connectivity index (χ4v) is 10.1. The Morgan fingerprint density at radius 1 is 0.400 bits per heavy atom. The molecule has 0 saturated heterocycles. The summed E-state index contributed by atoms with van der Waals surface area (Å²) in [5, 5.41) is 2.24. The molecule has 1 heterocycles. The summed E-state index contributed by atoms with van der Waals surface area (Å²) in [7, 11) is 0. The predicted molar refractivity (Wildman–Crippen MR) is 278 cm³/mol. The summed E-state index contributed by atoms with van der Waals surface area (Å²) in [6.45, 7) is 25.6. The summed E-state index contributed by atoms with van der Waals surface area (Å²) in [6.07, 6.45) is 0. The molecular formula is C63H61NO. The Hall–Kier alpha value is -6.64. The van der Waals surface area contributed by atoms with Gasteiger partial charge < -0.3 is 9.32 Å². The molecule has 1 aliphatic rings. The van der Waals surface area contributed by atoms with E-state index in [9.17, 15) is 0 Å². The first kappa shape index (κ1) is 42.3. The van der Waals surface area contributed by atoms with Gasteiger partial charge >= 0.3 is 0 Å². The van der Waals surface area contributed by atoms with Crippen LogP contribution in [0.4, 0.5) is 17.1 Å². The molecule has 0 aliphatic heterocycles. The molecule has 0 saturated carbocycles. The fraction of sp³-hybridized carbons (Fsp3) is 0.238. The summed E-state index contributed by atoms with van der Waals surface area (Å²) < 4.78 is 6.86. The number of hydrogen-bond acceptors (Lipinski definition) is 2. The van der Waals surface area contributed by atoms with Crippen molar-refractivity contribution in [1.29, 1.82) is 0 Å². The van der Waals surface area contributed by atoms with Gasteiger partial charge in [-0.25, -0.2) is 0 Å². The van der Waals surface area contributed by atoms with Gasteiger partial charge in [0.05, 0.1) is 5.69 Å². The molecule has 0 amide bonds. The highest BCUT2D eigenvalue weighted by molar-refractivity contribution is 6.11. The van der Waals surface area contributed by atoms with Crippen molar-refractivity contribution in [3.8, 4) is 44.5 Å². The number of anilines is 3. The molecule has 8 aromatic carbocycles. The number of fused-ring (bicyclic) bond motifs is 6. The van der Waals surface area contributed by atoms with Gasteiger partial charge in [-0.3, -0.25) is 0 Å². The van der Waals surface area contributed by atoms with E-state index in [1.54, 1.807) is 0 Å². The van der Waals surface area contributed by atoms with Gasteiger partial charge in [-0.1, -0.05) is 204 Å². The average molecular weight is 848 g/mol. The Kier molecular flexibility index (Phi) is 9.92. The fourth-order valence-electron chi connectivity index (χ4n) is 10.1. The quantitative estimate of drug-likeness (QED) is 0.166. The average Bonchev–Trinajstić information content (AvgIpc) is 3.78. The van der Waals surface area contributed by atoms with Gasteiger partial charge in [-0.15, -0.1) is 0 Å². The molecule has 0 spiro atoms. The van der Waals surface area contributed by atoms with E-state index in [1.807, 2.05) is 0 Å². The Balaban J connectivity index is 1.27. The smallest absolute Gasteiger partial charge is 0.143 e. The summed E-state index contributed by atoms with van der Waals surface area (Å²) in [5.74, 6) is 0. The van der Waals surface area contributed by atoms with Crippen molar-refractivity contribution in [1.82, 2.24) is 0 Å². The van der Waals surface area contributed by atoms with E-state index >= 15 is 0 Å². The first-order chi connectivity index (χ1) is 30.9. The lowest BCUT2D eigenvalue weighted by Gasteiger charge is -2.33. The number of hydrogen-bond donors (Lipinski definition) is 0. The molecule has 0 atom stereocenters. The predicted octanol–water partition coefficient (Wildman–Crippen LogP) is 18.3. The molecule has 1 aliphatic carbocycles. The lowest BCUT2D eigenvalue weighted by atomic mass is 9.79. The van der Waals surface area contributed by atoms with Gasteiger partial charge in [0.1, 0.15) is 11.2 Å². The minimum Gasteiger partial charge on any atom is -0.455 e. The Morgan fingerprint density at radius 3 is 1.69 bits per heavy atom. The van der Waals surface area contributed by atoms with Crippen LogP contribution in [0, 0.1) is 0 Å². The highest BCUT2D eigenvalue weighted by atomic mass is 16.3. The maximum Gasteiger partial charge on any atom is 0.143 e. The topological polar surface area (TPSA) is 16.4 Å². The lowest BCUT2D eigenvalue weighted by molar-refractivity contribution is 0.569. The van der Waals surface area contributed by atoms with Gasteiger partial charge in [-0.2, -0.15) is 0 Å². The van der Waals surface area contributed by atoms with Gasteiger partial charge in [0.2, 0.25) is 0 Å². The van der Waals surface area contributed by atoms with Crippen LogP contribution in [-0.2, 0) is 21.7 Å². The van der Waals surface area contributed by atoms with Crippen LogP contribution >= 0.6 is 0 Å². The number of para-hydroxylation sites is 2. The second-order valence-corrected chi connectivity index (χ2v) is 21.9. The number of furan rings is 1. The Labute approximate surface area is 386 Å². The van der Waals surface area contributed by atoms with E-state index in [2.05, 4.69) is 251 Å². The van der Waals surface area contributed by atoms with Crippen LogP contribution in [0.2, 0.25) is 0 Å². The monoisotopic (exact) mass is 847 g/mol. The molecule has 9 aromatic rings. The normalized spacial score (nSPS) is 13.6. The van der Waals surface area contributed by atoms with Gasteiger partial charge in [-0.05, 0) is 120 Å². The third-order valence-electron chi connectivity index (χ3n) is 13.9. The Bertz CT molecular complexity index is 3240. The van der Waals surface area contributed by atoms with Crippen molar-refractivity contribution in [3.05, 3.63) is 198 Å². The number of benzene rings is 8. The van der Waals surface area contributed by atoms with Crippen LogP contribution in [0.3, 0.4) is 0 Å². The minimum absolute atomic E-state index is 0.0164. The molecule has 2 nitrogen and oxygen atoms in total. The summed E-state index contributed by atoms with van der Waals surface area (Å²) in [6, 6.07) is 63.4. The third kappa shape index (κ3) is 7.38. The van der Waals surface area contributed by atoms with E-state index in [1.165, 1.54) is 61.2 Å². The van der Waals surface area contributed by atoms with Gasteiger partial charge in [0, 0.05) is 38.7 Å². The van der Waals surface area contributed by atoms with E-state index < -0.39 is 0 Å². The number of rotatable bonds is 6. The maximum atomic E-state index is 6.86. The van der Waals surface area contributed by atoms with Crippen LogP contribution in [-0.4, -0.2) is 0 Å². The highest BCUT2D eigenvalue weighted by Crippen LogP contribution is 2.53. The summed E-state index contributed by atoms with van der Waals surface area (Å²) >= 11 is 0. The molecule has 0 fully saturated rings. The van der Waals surface area contributed by atoms with Crippen molar-refractivity contribution < 1.29 is 4.42 Å². The highest BCUT2D eigenvalue weighted by Gasteiger charge is 2.36. The minimum atomic E-state index is -0.172. The van der Waals surface area contributed by atoms with E-state index in [4.69, 9.17) is 4.42 Å². The SMILES string of the molecule is CC(C)(C)c1cc(-c2ccc(N(c3ccc4c(c3)C(C)(C)c3ccccc3-4)c3cc(-c4ccccc4)c(C(C)(C)C)cc3-c3cccc4c3oc3ccccc34)cc2)cc(C(C)(C)C)c1. The van der Waals surface area contributed by atoms with Crippen LogP contribution in [0.15, 0.2) is 174 Å². The second kappa shape index (κ2) is 15.2.